The zero-order valence-electron chi connectivity index (χ0n) is 5.60. The molecule has 2 unspecified atom stereocenters. The second-order valence-electron chi connectivity index (χ2n) is 1.80. The zero-order chi connectivity index (χ0) is 7.98. The third kappa shape index (κ3) is 4.46. The van der Waals surface area contributed by atoms with Crippen molar-refractivity contribution in [1.29, 1.82) is 0 Å². The van der Waals surface area contributed by atoms with E-state index in [2.05, 4.69) is 11.3 Å². The number of rotatable bonds is 5. The Morgan fingerprint density at radius 3 is 2.50 bits per heavy atom. The molecule has 0 aromatic rings. The summed E-state index contributed by atoms with van der Waals surface area (Å²) in [7, 11) is 0. The van der Waals surface area contributed by atoms with Crippen LogP contribution in [0.4, 0.5) is 0 Å². The number of hydrogen-bond donors (Lipinski definition) is 3. The Labute approximate surface area is 59.4 Å². The quantitative estimate of drug-likeness (QED) is 0.340. The SMILES string of the molecule is C=CC(O)OCC(O)CO. The summed E-state index contributed by atoms with van der Waals surface area (Å²) in [4.78, 5) is 0. The van der Waals surface area contributed by atoms with Crippen LogP contribution in [0.5, 0.6) is 0 Å². The molecule has 10 heavy (non-hydrogen) atoms. The maximum atomic E-state index is 8.68. The highest BCUT2D eigenvalue weighted by Crippen LogP contribution is 1.89. The first-order valence-electron chi connectivity index (χ1n) is 2.92. The molecule has 0 aliphatic heterocycles. The van der Waals surface area contributed by atoms with Crippen LogP contribution < -0.4 is 0 Å². The fourth-order valence-corrected chi connectivity index (χ4v) is 0.330. The summed E-state index contributed by atoms with van der Waals surface area (Å²) >= 11 is 0. The minimum absolute atomic E-state index is 0.0936. The molecular formula is C6H12O4. The molecule has 2 atom stereocenters. The van der Waals surface area contributed by atoms with Crippen molar-refractivity contribution in [3.63, 3.8) is 0 Å². The van der Waals surface area contributed by atoms with Crippen LogP contribution in [0, 0.1) is 0 Å². The van der Waals surface area contributed by atoms with E-state index in [1.54, 1.807) is 0 Å². The third-order valence-electron chi connectivity index (χ3n) is 0.872. The van der Waals surface area contributed by atoms with E-state index in [1.165, 1.54) is 6.08 Å². The minimum atomic E-state index is -1.07. The van der Waals surface area contributed by atoms with E-state index in [1.807, 2.05) is 0 Å². The third-order valence-corrected chi connectivity index (χ3v) is 0.872. The predicted molar refractivity (Wildman–Crippen MR) is 35.2 cm³/mol. The van der Waals surface area contributed by atoms with Gasteiger partial charge in [-0.3, -0.25) is 0 Å². The summed E-state index contributed by atoms with van der Waals surface area (Å²) < 4.78 is 4.57. The largest absolute Gasteiger partial charge is 0.394 e. The Balaban J connectivity index is 3.25. The molecule has 0 aromatic heterocycles. The summed E-state index contributed by atoms with van der Waals surface area (Å²) in [5.74, 6) is 0. The maximum Gasteiger partial charge on any atom is 0.173 e. The molecule has 3 N–H and O–H groups in total. The second-order valence-corrected chi connectivity index (χ2v) is 1.80. The van der Waals surface area contributed by atoms with Gasteiger partial charge in [0.25, 0.3) is 0 Å². The molecule has 0 aliphatic carbocycles. The lowest BCUT2D eigenvalue weighted by Gasteiger charge is -2.09. The summed E-state index contributed by atoms with van der Waals surface area (Å²) in [5, 5.41) is 25.6. The molecule has 0 spiro atoms. The topological polar surface area (TPSA) is 69.9 Å². The summed E-state index contributed by atoms with van der Waals surface area (Å²) in [6.07, 6.45) is -0.819. The van der Waals surface area contributed by atoms with E-state index in [0.717, 1.165) is 0 Å². The Morgan fingerprint density at radius 2 is 2.10 bits per heavy atom. The fourth-order valence-electron chi connectivity index (χ4n) is 0.330. The predicted octanol–water partition coefficient (Wildman–Crippen LogP) is -1.14. The lowest BCUT2D eigenvalue weighted by atomic mass is 10.4. The smallest absolute Gasteiger partial charge is 0.173 e. The molecule has 0 saturated heterocycles. The number of aliphatic hydroxyl groups excluding tert-OH is 3. The van der Waals surface area contributed by atoms with Gasteiger partial charge in [-0.25, -0.2) is 0 Å². The van der Waals surface area contributed by atoms with Gasteiger partial charge >= 0.3 is 0 Å². The van der Waals surface area contributed by atoms with E-state index < -0.39 is 12.4 Å². The van der Waals surface area contributed by atoms with Crippen molar-refractivity contribution in [2.45, 2.75) is 12.4 Å². The molecule has 0 amide bonds. The summed E-state index contributed by atoms with van der Waals surface area (Å²) in [6, 6.07) is 0. The van der Waals surface area contributed by atoms with Gasteiger partial charge < -0.3 is 20.1 Å². The highest BCUT2D eigenvalue weighted by molar-refractivity contribution is 4.70. The van der Waals surface area contributed by atoms with Crippen molar-refractivity contribution < 1.29 is 20.1 Å². The second kappa shape index (κ2) is 5.37. The van der Waals surface area contributed by atoms with Gasteiger partial charge in [0.1, 0.15) is 6.10 Å². The Hall–Kier alpha value is -0.420. The van der Waals surface area contributed by atoms with Gasteiger partial charge in [-0.1, -0.05) is 6.58 Å². The average molecular weight is 148 g/mol. The lowest BCUT2D eigenvalue weighted by Crippen LogP contribution is -2.23. The normalized spacial score (nSPS) is 16.3. The van der Waals surface area contributed by atoms with Crippen LogP contribution in [-0.2, 0) is 4.74 Å². The van der Waals surface area contributed by atoms with E-state index in [-0.39, 0.29) is 13.2 Å². The first kappa shape index (κ1) is 9.58. The molecular weight excluding hydrogens is 136 g/mol. The summed E-state index contributed by atoms with van der Waals surface area (Å²) in [5.41, 5.74) is 0. The van der Waals surface area contributed by atoms with Crippen molar-refractivity contribution in [2.24, 2.45) is 0 Å². The molecule has 4 nitrogen and oxygen atoms in total. The van der Waals surface area contributed by atoms with Crippen LogP contribution >= 0.6 is 0 Å². The number of ether oxygens (including phenoxy) is 1. The molecule has 0 saturated carbocycles. The molecule has 0 rings (SSSR count). The van der Waals surface area contributed by atoms with E-state index >= 15 is 0 Å². The molecule has 0 fully saturated rings. The van der Waals surface area contributed by atoms with Gasteiger partial charge in [-0.15, -0.1) is 0 Å². The van der Waals surface area contributed by atoms with Crippen LogP contribution in [0.3, 0.4) is 0 Å². The number of aliphatic hydroxyl groups is 3. The summed E-state index contributed by atoms with van der Waals surface area (Å²) in [6.45, 7) is 2.78. The molecule has 60 valence electrons. The zero-order valence-corrected chi connectivity index (χ0v) is 5.60. The monoisotopic (exact) mass is 148 g/mol. The Kier molecular flexibility index (Phi) is 5.15. The highest BCUT2D eigenvalue weighted by atomic mass is 16.6. The minimum Gasteiger partial charge on any atom is -0.394 e. The maximum absolute atomic E-state index is 8.68. The first-order chi connectivity index (χ1) is 4.70. The molecule has 0 heterocycles. The van der Waals surface area contributed by atoms with Crippen molar-refractivity contribution in [2.75, 3.05) is 13.2 Å². The molecule has 0 aromatic carbocycles. The molecule has 0 radical (unpaired) electrons. The van der Waals surface area contributed by atoms with Gasteiger partial charge in [-0.2, -0.15) is 0 Å². The Morgan fingerprint density at radius 1 is 1.50 bits per heavy atom. The standard InChI is InChI=1S/C6H12O4/c1-2-6(9)10-4-5(8)3-7/h2,5-9H,1,3-4H2. The average Bonchev–Trinajstić information content (AvgIpc) is 1.99. The van der Waals surface area contributed by atoms with Crippen LogP contribution in [0.25, 0.3) is 0 Å². The highest BCUT2D eigenvalue weighted by Gasteiger charge is 2.03. The molecule has 0 aliphatic rings. The lowest BCUT2D eigenvalue weighted by molar-refractivity contribution is -0.0983. The molecule has 4 heteroatoms. The van der Waals surface area contributed by atoms with Gasteiger partial charge in [-0.05, 0) is 6.08 Å². The van der Waals surface area contributed by atoms with Crippen molar-refractivity contribution in [1.82, 2.24) is 0 Å². The van der Waals surface area contributed by atoms with E-state index in [9.17, 15) is 0 Å². The van der Waals surface area contributed by atoms with E-state index in [4.69, 9.17) is 15.3 Å². The Bertz CT molecular complexity index is 93.7. The van der Waals surface area contributed by atoms with Gasteiger partial charge in [0.2, 0.25) is 0 Å². The van der Waals surface area contributed by atoms with Gasteiger partial charge in [0.15, 0.2) is 6.29 Å². The van der Waals surface area contributed by atoms with Crippen LogP contribution in [0.15, 0.2) is 12.7 Å². The van der Waals surface area contributed by atoms with Crippen molar-refractivity contribution in [3.8, 4) is 0 Å². The van der Waals surface area contributed by atoms with Crippen molar-refractivity contribution in [3.05, 3.63) is 12.7 Å². The van der Waals surface area contributed by atoms with Gasteiger partial charge in [0, 0.05) is 0 Å². The fraction of sp³-hybridized carbons (Fsp3) is 0.667. The van der Waals surface area contributed by atoms with Crippen molar-refractivity contribution >= 4 is 0 Å². The van der Waals surface area contributed by atoms with E-state index in [0.29, 0.717) is 0 Å². The van der Waals surface area contributed by atoms with Crippen LogP contribution in [0.1, 0.15) is 0 Å². The number of hydrogen-bond acceptors (Lipinski definition) is 4. The molecule has 0 bridgehead atoms. The van der Waals surface area contributed by atoms with Crippen LogP contribution in [-0.4, -0.2) is 40.9 Å². The van der Waals surface area contributed by atoms with Gasteiger partial charge in [0.05, 0.1) is 13.2 Å². The van der Waals surface area contributed by atoms with Crippen LogP contribution in [0.2, 0.25) is 0 Å². The first-order valence-corrected chi connectivity index (χ1v) is 2.92.